The zero-order chi connectivity index (χ0) is 19.5. The van der Waals surface area contributed by atoms with Crippen molar-refractivity contribution >= 4 is 27.8 Å². The van der Waals surface area contributed by atoms with Crippen LogP contribution in [0.3, 0.4) is 0 Å². The van der Waals surface area contributed by atoms with Crippen LogP contribution in [-0.2, 0) is 13.1 Å². The maximum atomic E-state index is 13.5. The predicted octanol–water partition coefficient (Wildman–Crippen LogP) is 4.29. The largest absolute Gasteiger partial charge is 0.459 e. The molecule has 6 heteroatoms. The van der Waals surface area contributed by atoms with Crippen molar-refractivity contribution in [2.45, 2.75) is 20.0 Å². The number of hydrogen-bond acceptors (Lipinski definition) is 3. The number of halogens is 1. The molecule has 5 nitrogen and oxygen atoms in total. The van der Waals surface area contributed by atoms with Gasteiger partial charge < -0.3 is 15.1 Å². The first kappa shape index (κ1) is 18.0. The highest BCUT2D eigenvalue weighted by atomic mass is 19.1. The third-order valence-corrected chi connectivity index (χ3v) is 4.82. The molecule has 0 spiro atoms. The number of nitrogens with zero attached hydrogens (tertiary/aromatic N) is 2. The number of aliphatic imine (C=N–C) groups is 1. The number of hydrogen-bond donors (Lipinski definition) is 2. The van der Waals surface area contributed by atoms with Gasteiger partial charge in [-0.2, -0.15) is 0 Å². The molecule has 28 heavy (non-hydrogen) atoms. The molecular formula is C22H21FN4O. The fourth-order valence-corrected chi connectivity index (χ4v) is 3.29. The highest BCUT2D eigenvalue weighted by molar-refractivity contribution is 5.84. The van der Waals surface area contributed by atoms with E-state index >= 15 is 0 Å². The van der Waals surface area contributed by atoms with Gasteiger partial charge in [-0.25, -0.2) is 4.39 Å². The Kier molecular flexibility index (Phi) is 4.93. The number of pyridine rings is 1. The lowest BCUT2D eigenvalue weighted by Gasteiger charge is -2.12. The molecule has 0 unspecified atom stereocenters. The number of aryl methyl sites for hydroxylation is 1. The van der Waals surface area contributed by atoms with Gasteiger partial charge in [-0.3, -0.25) is 9.98 Å². The van der Waals surface area contributed by atoms with Crippen molar-refractivity contribution in [3.63, 3.8) is 0 Å². The van der Waals surface area contributed by atoms with Crippen LogP contribution in [0, 0.1) is 12.7 Å². The molecular weight excluding hydrogens is 355 g/mol. The summed E-state index contributed by atoms with van der Waals surface area (Å²) in [6, 6.07) is 14.6. The van der Waals surface area contributed by atoms with Crippen LogP contribution >= 0.6 is 0 Å². The number of fused-ring (bicyclic) bond motifs is 2. The van der Waals surface area contributed by atoms with Gasteiger partial charge in [0, 0.05) is 36.1 Å². The van der Waals surface area contributed by atoms with Crippen LogP contribution < -0.4 is 10.6 Å². The number of aromatic nitrogens is 1. The summed E-state index contributed by atoms with van der Waals surface area (Å²) >= 11 is 0. The molecule has 0 saturated carbocycles. The molecule has 0 radical (unpaired) electrons. The van der Waals surface area contributed by atoms with E-state index in [1.165, 1.54) is 12.1 Å². The van der Waals surface area contributed by atoms with Crippen molar-refractivity contribution in [3.05, 3.63) is 77.4 Å². The van der Waals surface area contributed by atoms with Crippen LogP contribution in [0.15, 0.2) is 64.1 Å². The average Bonchev–Trinajstić information content (AvgIpc) is 3.03. The zero-order valence-electron chi connectivity index (χ0n) is 15.8. The summed E-state index contributed by atoms with van der Waals surface area (Å²) in [5.41, 5.74) is 3.72. The Morgan fingerprint density at radius 2 is 1.89 bits per heavy atom. The molecule has 0 bridgehead atoms. The molecule has 4 aromatic rings. The summed E-state index contributed by atoms with van der Waals surface area (Å²) in [5.74, 6) is 1.16. The third kappa shape index (κ3) is 3.53. The van der Waals surface area contributed by atoms with Crippen LogP contribution in [0.2, 0.25) is 0 Å². The van der Waals surface area contributed by atoms with Crippen LogP contribution in [0.25, 0.3) is 21.9 Å². The van der Waals surface area contributed by atoms with Gasteiger partial charge >= 0.3 is 0 Å². The van der Waals surface area contributed by atoms with Crippen molar-refractivity contribution in [1.29, 1.82) is 0 Å². The highest BCUT2D eigenvalue weighted by Crippen LogP contribution is 2.25. The predicted molar refractivity (Wildman–Crippen MR) is 110 cm³/mol. The lowest BCUT2D eigenvalue weighted by atomic mass is 10.1. The van der Waals surface area contributed by atoms with Gasteiger partial charge in [0.15, 0.2) is 5.96 Å². The van der Waals surface area contributed by atoms with Crippen LogP contribution in [0.1, 0.15) is 16.9 Å². The molecule has 0 amide bonds. The Labute approximate surface area is 162 Å². The Hall–Kier alpha value is -3.41. The average molecular weight is 376 g/mol. The van der Waals surface area contributed by atoms with Gasteiger partial charge in [0.05, 0.1) is 12.1 Å². The lowest BCUT2D eigenvalue weighted by molar-refractivity contribution is 0.534. The molecule has 2 aromatic heterocycles. The first-order chi connectivity index (χ1) is 13.7. The minimum Gasteiger partial charge on any atom is -0.459 e. The summed E-state index contributed by atoms with van der Waals surface area (Å²) in [7, 11) is 1.72. The molecule has 2 N–H and O–H groups in total. The number of guanidine groups is 1. The summed E-state index contributed by atoms with van der Waals surface area (Å²) in [6.45, 7) is 3.01. The van der Waals surface area contributed by atoms with Crippen LogP contribution in [0.4, 0.5) is 4.39 Å². The lowest BCUT2D eigenvalue weighted by Crippen LogP contribution is -2.36. The smallest absolute Gasteiger partial charge is 0.191 e. The second-order valence-electron chi connectivity index (χ2n) is 6.56. The molecule has 0 saturated heterocycles. The van der Waals surface area contributed by atoms with E-state index in [4.69, 9.17) is 4.42 Å². The van der Waals surface area contributed by atoms with Crippen molar-refractivity contribution in [2.75, 3.05) is 7.05 Å². The quantitative estimate of drug-likeness (QED) is 0.412. The van der Waals surface area contributed by atoms with E-state index < -0.39 is 0 Å². The van der Waals surface area contributed by atoms with Gasteiger partial charge in [0.25, 0.3) is 0 Å². The topological polar surface area (TPSA) is 62.5 Å². The van der Waals surface area contributed by atoms with E-state index in [2.05, 4.69) is 26.7 Å². The molecule has 2 aromatic carbocycles. The molecule has 0 aliphatic carbocycles. The van der Waals surface area contributed by atoms with Gasteiger partial charge in [-0.15, -0.1) is 0 Å². The Morgan fingerprint density at radius 1 is 1.07 bits per heavy atom. The fraction of sp³-hybridized carbons (Fsp3) is 0.182. The van der Waals surface area contributed by atoms with Crippen molar-refractivity contribution in [1.82, 2.24) is 15.6 Å². The maximum absolute atomic E-state index is 13.5. The molecule has 0 fully saturated rings. The maximum Gasteiger partial charge on any atom is 0.191 e. The monoisotopic (exact) mass is 376 g/mol. The van der Waals surface area contributed by atoms with E-state index in [0.717, 1.165) is 33.2 Å². The minimum absolute atomic E-state index is 0.266. The fourth-order valence-electron chi connectivity index (χ4n) is 3.29. The molecule has 2 heterocycles. The molecule has 4 rings (SSSR count). The second kappa shape index (κ2) is 7.68. The summed E-state index contributed by atoms with van der Waals surface area (Å²) in [5, 5.41) is 8.48. The van der Waals surface area contributed by atoms with Gasteiger partial charge in [0.2, 0.25) is 0 Å². The number of furan rings is 1. The molecule has 0 aliphatic heterocycles. The molecule has 0 atom stereocenters. The highest BCUT2D eigenvalue weighted by Gasteiger charge is 2.12. The van der Waals surface area contributed by atoms with E-state index in [-0.39, 0.29) is 5.82 Å². The number of benzene rings is 2. The third-order valence-electron chi connectivity index (χ3n) is 4.82. The van der Waals surface area contributed by atoms with Crippen LogP contribution in [0.5, 0.6) is 0 Å². The SMILES string of the molecule is CN=C(NCc1oc2ccc(F)cc2c1C)NCc1ccnc2ccccc12. The minimum atomic E-state index is -0.266. The van der Waals surface area contributed by atoms with Crippen molar-refractivity contribution in [3.8, 4) is 0 Å². The first-order valence-electron chi connectivity index (χ1n) is 9.10. The van der Waals surface area contributed by atoms with Crippen molar-refractivity contribution < 1.29 is 8.81 Å². The number of para-hydroxylation sites is 1. The van der Waals surface area contributed by atoms with Crippen molar-refractivity contribution in [2.24, 2.45) is 4.99 Å². The Bertz CT molecular complexity index is 1160. The van der Waals surface area contributed by atoms with Crippen LogP contribution in [-0.4, -0.2) is 18.0 Å². The van der Waals surface area contributed by atoms with E-state index in [9.17, 15) is 4.39 Å². The normalized spacial score (nSPS) is 11.9. The standard InChI is InChI=1S/C22H21FN4O/c1-14-18-11-16(23)7-8-20(18)28-21(14)13-27-22(24-2)26-12-15-9-10-25-19-6-4-3-5-17(15)19/h3-11H,12-13H2,1-2H3,(H2,24,26,27). The van der Waals surface area contributed by atoms with Gasteiger partial charge in [-0.1, -0.05) is 18.2 Å². The zero-order valence-corrected chi connectivity index (χ0v) is 15.8. The summed E-state index contributed by atoms with van der Waals surface area (Å²) < 4.78 is 19.3. The number of rotatable bonds is 4. The van der Waals surface area contributed by atoms with E-state index in [0.29, 0.717) is 24.6 Å². The number of nitrogens with one attached hydrogen (secondary N) is 2. The molecule has 0 aliphatic rings. The van der Waals surface area contributed by atoms with E-state index in [1.54, 1.807) is 13.1 Å². The second-order valence-corrected chi connectivity index (χ2v) is 6.56. The summed E-state index contributed by atoms with van der Waals surface area (Å²) in [4.78, 5) is 8.66. The summed E-state index contributed by atoms with van der Waals surface area (Å²) in [6.07, 6.45) is 1.81. The Morgan fingerprint density at radius 3 is 2.75 bits per heavy atom. The molecule has 142 valence electrons. The Balaban J connectivity index is 1.45. The van der Waals surface area contributed by atoms with Gasteiger partial charge in [0.1, 0.15) is 17.2 Å². The first-order valence-corrected chi connectivity index (χ1v) is 9.10. The van der Waals surface area contributed by atoms with Gasteiger partial charge in [-0.05, 0) is 42.8 Å². The van der Waals surface area contributed by atoms with E-state index in [1.807, 2.05) is 37.4 Å².